The van der Waals surface area contributed by atoms with Crippen molar-refractivity contribution in [3.05, 3.63) is 65.3 Å². The fraction of sp³-hybridized carbons (Fsp3) is 0.150. The number of anilines is 1. The monoisotopic (exact) mass is 447 g/mol. The Balaban J connectivity index is 2.03. The van der Waals surface area contributed by atoms with Crippen LogP contribution in [0.4, 0.5) is 5.69 Å². The van der Waals surface area contributed by atoms with Gasteiger partial charge in [0.2, 0.25) is 12.1 Å². The Morgan fingerprint density at radius 3 is 2.67 bits per heavy atom. The number of aromatic nitrogens is 1. The molecule has 0 saturated heterocycles. The van der Waals surface area contributed by atoms with Gasteiger partial charge in [0.25, 0.3) is 15.5 Å². The first-order valence-corrected chi connectivity index (χ1v) is 10.7. The van der Waals surface area contributed by atoms with Gasteiger partial charge in [-0.2, -0.15) is 8.42 Å². The summed E-state index contributed by atoms with van der Waals surface area (Å²) in [4.78, 5) is 13.8. The zero-order valence-corrected chi connectivity index (χ0v) is 17.9. The second-order valence-electron chi connectivity index (χ2n) is 6.74. The van der Waals surface area contributed by atoms with Gasteiger partial charge in [-0.05, 0) is 23.8 Å². The third-order valence-electron chi connectivity index (χ3n) is 4.14. The second kappa shape index (κ2) is 8.68. The number of pyridine rings is 1. The molecule has 30 heavy (non-hydrogen) atoms. The van der Waals surface area contributed by atoms with Crippen LogP contribution >= 0.6 is 11.6 Å². The van der Waals surface area contributed by atoms with Crippen LogP contribution in [0.3, 0.4) is 0 Å². The molecule has 0 aliphatic carbocycles. The minimum Gasteiger partial charge on any atom is -0.368 e. The maximum absolute atomic E-state index is 12.8. The van der Waals surface area contributed by atoms with E-state index >= 15 is 0 Å². The van der Waals surface area contributed by atoms with Crippen molar-refractivity contribution in [2.45, 2.75) is 11.3 Å². The predicted octanol–water partition coefficient (Wildman–Crippen LogP) is 2.48. The van der Waals surface area contributed by atoms with Crippen molar-refractivity contribution in [3.8, 4) is 0 Å². The Bertz CT molecular complexity index is 1240. The summed E-state index contributed by atoms with van der Waals surface area (Å²) < 4.78 is 30.0. The summed E-state index contributed by atoms with van der Waals surface area (Å²) in [6.45, 7) is 0. The zero-order chi connectivity index (χ0) is 21.9. The minimum absolute atomic E-state index is 0.00644. The number of amides is 1. The summed E-state index contributed by atoms with van der Waals surface area (Å²) in [6.07, 6.45) is 2.53. The Labute approximate surface area is 179 Å². The summed E-state index contributed by atoms with van der Waals surface area (Å²) in [7, 11) is -0.806. The predicted molar refractivity (Wildman–Crippen MR) is 114 cm³/mol. The van der Waals surface area contributed by atoms with Crippen molar-refractivity contribution in [3.63, 3.8) is 0 Å². The molecule has 0 fully saturated rings. The van der Waals surface area contributed by atoms with Crippen molar-refractivity contribution in [1.82, 2.24) is 4.90 Å². The van der Waals surface area contributed by atoms with Crippen LogP contribution in [0.2, 0.25) is 5.02 Å². The van der Waals surface area contributed by atoms with Crippen LogP contribution in [-0.2, 0) is 21.2 Å². The average molecular weight is 448 g/mol. The van der Waals surface area contributed by atoms with Crippen molar-refractivity contribution in [2.75, 3.05) is 19.4 Å². The number of rotatable bonds is 6. The molecule has 3 rings (SSSR count). The molecule has 0 atom stereocenters. The van der Waals surface area contributed by atoms with E-state index in [4.69, 9.17) is 11.6 Å². The molecule has 1 heterocycles. The number of benzene rings is 2. The fourth-order valence-corrected chi connectivity index (χ4v) is 4.14. The summed E-state index contributed by atoms with van der Waals surface area (Å²) in [6, 6.07) is 12.8. The Morgan fingerprint density at radius 1 is 1.23 bits per heavy atom. The highest BCUT2D eigenvalue weighted by Crippen LogP contribution is 2.27. The van der Waals surface area contributed by atoms with Crippen LogP contribution in [0, 0.1) is 0 Å². The fourth-order valence-electron chi connectivity index (χ4n) is 2.79. The van der Waals surface area contributed by atoms with E-state index in [0.29, 0.717) is 10.6 Å². The summed E-state index contributed by atoms with van der Waals surface area (Å²) in [5, 5.41) is 13.5. The van der Waals surface area contributed by atoms with Crippen molar-refractivity contribution < 1.29 is 23.1 Å². The molecule has 2 N–H and O–H groups in total. The lowest BCUT2D eigenvalue weighted by Gasteiger charge is -2.10. The molecule has 1 amide bonds. The lowest BCUT2D eigenvalue weighted by Crippen LogP contribution is -2.30. The largest absolute Gasteiger partial charge is 0.368 e. The van der Waals surface area contributed by atoms with E-state index in [0.717, 1.165) is 4.73 Å². The van der Waals surface area contributed by atoms with Crippen LogP contribution in [0.5, 0.6) is 0 Å². The van der Waals surface area contributed by atoms with E-state index in [1.54, 1.807) is 44.4 Å². The van der Waals surface area contributed by atoms with Crippen LogP contribution in [-0.4, -0.2) is 44.9 Å². The Hall–Kier alpha value is -3.17. The zero-order valence-electron chi connectivity index (χ0n) is 16.3. The first kappa shape index (κ1) is 21.5. The van der Waals surface area contributed by atoms with E-state index in [1.165, 1.54) is 35.6 Å². The van der Waals surface area contributed by atoms with Gasteiger partial charge in [0.05, 0.1) is 11.8 Å². The van der Waals surface area contributed by atoms with E-state index in [1.807, 2.05) is 0 Å². The van der Waals surface area contributed by atoms with Gasteiger partial charge >= 0.3 is 0 Å². The molecule has 156 valence electrons. The quantitative estimate of drug-likeness (QED) is 0.261. The minimum atomic E-state index is -4.09. The number of nitrogens with zero attached hydrogens (tertiary/aromatic N) is 3. The maximum Gasteiger partial charge on any atom is 0.284 e. The van der Waals surface area contributed by atoms with Gasteiger partial charge in [-0.1, -0.05) is 29.8 Å². The third-order valence-corrected chi connectivity index (χ3v) is 5.78. The molecular formula is C20H20ClN4O4S+. The molecule has 0 aliphatic heterocycles. The maximum atomic E-state index is 12.8. The number of nitrogens with one attached hydrogen (secondary N) is 1. The van der Waals surface area contributed by atoms with Crippen LogP contribution < -0.4 is 10.0 Å². The van der Waals surface area contributed by atoms with Crippen LogP contribution in [0.1, 0.15) is 5.56 Å². The molecule has 10 heteroatoms. The number of hydrogen-bond donors (Lipinski definition) is 2. The number of carbonyl (C=O) groups is 1. The molecule has 0 radical (unpaired) electrons. The molecule has 0 bridgehead atoms. The molecule has 1 aromatic heterocycles. The highest BCUT2D eigenvalue weighted by atomic mass is 35.5. The van der Waals surface area contributed by atoms with Gasteiger partial charge in [-0.25, -0.2) is 0 Å². The molecule has 0 spiro atoms. The second-order valence-corrected chi connectivity index (χ2v) is 8.74. The normalized spacial score (nSPS) is 11.7. The smallest absolute Gasteiger partial charge is 0.284 e. The molecular weight excluding hydrogens is 428 g/mol. The standard InChI is InChI=1S/C20H19ClN4O4S/c1-24(2)13-22-30(28,29)19-12-15(11-18-16(19)7-5-9-25(18)27)23-20(26)10-14-6-3-4-8-17(14)21/h3-9,11-13,27H,10H2,1-2H3/p+1. The average Bonchev–Trinajstić information content (AvgIpc) is 2.68. The number of carbonyl (C=O) groups excluding carboxylic acids is 1. The lowest BCUT2D eigenvalue weighted by atomic mass is 10.1. The summed E-state index contributed by atoms with van der Waals surface area (Å²) >= 11 is 6.10. The van der Waals surface area contributed by atoms with Gasteiger partial charge in [-0.15, -0.1) is 4.40 Å². The van der Waals surface area contributed by atoms with Crippen LogP contribution in [0.15, 0.2) is 64.0 Å². The van der Waals surface area contributed by atoms with E-state index in [9.17, 15) is 18.4 Å². The number of halogens is 1. The third kappa shape index (κ3) is 4.87. The van der Waals surface area contributed by atoms with Crippen molar-refractivity contribution in [1.29, 1.82) is 0 Å². The van der Waals surface area contributed by atoms with E-state index in [2.05, 4.69) is 9.71 Å². The first-order chi connectivity index (χ1) is 14.2. The first-order valence-electron chi connectivity index (χ1n) is 8.85. The van der Waals surface area contributed by atoms with Gasteiger partial charge < -0.3 is 10.2 Å². The van der Waals surface area contributed by atoms with Crippen LogP contribution in [0.25, 0.3) is 10.9 Å². The van der Waals surface area contributed by atoms with E-state index < -0.39 is 10.0 Å². The van der Waals surface area contributed by atoms with Gasteiger partial charge in [0.1, 0.15) is 11.2 Å². The van der Waals surface area contributed by atoms with Gasteiger partial charge in [0, 0.05) is 41.7 Å². The molecule has 0 saturated carbocycles. The highest BCUT2D eigenvalue weighted by molar-refractivity contribution is 7.90. The number of hydrogen-bond acceptors (Lipinski definition) is 4. The molecule has 2 aromatic carbocycles. The van der Waals surface area contributed by atoms with E-state index in [-0.39, 0.29) is 33.8 Å². The highest BCUT2D eigenvalue weighted by Gasteiger charge is 2.23. The number of sulfonamides is 1. The topological polar surface area (TPSA) is 103 Å². The van der Waals surface area contributed by atoms with Gasteiger partial charge in [0.15, 0.2) is 0 Å². The molecule has 8 nitrogen and oxygen atoms in total. The Kier molecular flexibility index (Phi) is 6.23. The molecule has 0 aliphatic rings. The summed E-state index contributed by atoms with van der Waals surface area (Å²) in [5.41, 5.74) is 1.04. The van der Waals surface area contributed by atoms with Gasteiger partial charge in [-0.3, -0.25) is 10.0 Å². The molecule has 3 aromatic rings. The van der Waals surface area contributed by atoms with Crippen molar-refractivity contribution >= 4 is 50.5 Å². The summed E-state index contributed by atoms with van der Waals surface area (Å²) in [5.74, 6) is -0.386. The lowest BCUT2D eigenvalue weighted by molar-refractivity contribution is -0.884. The SMILES string of the molecule is CN(C)C=NS(=O)(=O)c1cc(NC(=O)Cc2ccccc2Cl)cc2c1ccc[n+]2O. The van der Waals surface area contributed by atoms with Crippen molar-refractivity contribution in [2.24, 2.45) is 4.40 Å². The Morgan fingerprint density at radius 2 is 1.97 bits per heavy atom. The molecule has 0 unspecified atom stereocenters. The number of fused-ring (bicyclic) bond motifs is 1.